The van der Waals surface area contributed by atoms with Crippen molar-refractivity contribution < 1.29 is 9.90 Å². The molecular formula is C19H18Cl2O2. The lowest BCUT2D eigenvalue weighted by Gasteiger charge is -2.11. The number of aryl methyl sites for hydroxylation is 1. The molecule has 0 spiro atoms. The molecule has 0 bridgehead atoms. The lowest BCUT2D eigenvalue weighted by molar-refractivity contribution is -0.131. The number of halogens is 2. The Balaban J connectivity index is 2.41. The Bertz CT molecular complexity index is 719. The van der Waals surface area contributed by atoms with Gasteiger partial charge < -0.3 is 5.11 Å². The summed E-state index contributed by atoms with van der Waals surface area (Å²) in [5.74, 6) is -1.01. The van der Waals surface area contributed by atoms with Gasteiger partial charge in [0, 0.05) is 21.7 Å². The number of rotatable bonds is 6. The van der Waals surface area contributed by atoms with Crippen molar-refractivity contribution in [3.05, 3.63) is 75.3 Å². The Morgan fingerprint density at radius 1 is 1.13 bits per heavy atom. The van der Waals surface area contributed by atoms with E-state index in [1.54, 1.807) is 18.2 Å². The molecule has 23 heavy (non-hydrogen) atoms. The maximum Gasteiger partial charge on any atom is 0.328 e. The molecule has 2 rings (SSSR count). The highest BCUT2D eigenvalue weighted by atomic mass is 35.5. The van der Waals surface area contributed by atoms with Crippen molar-refractivity contribution in [2.24, 2.45) is 0 Å². The van der Waals surface area contributed by atoms with Crippen LogP contribution in [-0.2, 0) is 11.2 Å². The Kier molecular flexibility index (Phi) is 6.26. The number of hydrogen-bond acceptors (Lipinski definition) is 1. The predicted octanol–water partition coefficient (Wildman–Crippen LogP) is 5.85. The molecule has 120 valence electrons. The lowest BCUT2D eigenvalue weighted by Crippen LogP contribution is -1.96. The SMILES string of the molecule is CCCCc1ccc(/C(=C/C(=O)O)c2ccc(Cl)cc2Cl)cc1. The monoisotopic (exact) mass is 348 g/mol. The molecule has 0 aliphatic carbocycles. The maximum absolute atomic E-state index is 11.2. The molecule has 4 heteroatoms. The topological polar surface area (TPSA) is 37.3 Å². The molecule has 0 fully saturated rings. The first kappa shape index (κ1) is 17.6. The number of carboxylic acid groups (broad SMARTS) is 1. The van der Waals surface area contributed by atoms with E-state index in [1.807, 2.05) is 24.3 Å². The number of benzene rings is 2. The molecule has 0 atom stereocenters. The van der Waals surface area contributed by atoms with Crippen molar-refractivity contribution in [1.82, 2.24) is 0 Å². The van der Waals surface area contributed by atoms with Gasteiger partial charge in [0.1, 0.15) is 0 Å². The highest BCUT2D eigenvalue weighted by Gasteiger charge is 2.11. The quantitative estimate of drug-likeness (QED) is 0.664. The molecule has 0 heterocycles. The third kappa shape index (κ3) is 4.85. The molecule has 0 saturated heterocycles. The fourth-order valence-electron chi connectivity index (χ4n) is 2.38. The van der Waals surface area contributed by atoms with Crippen molar-refractivity contribution in [3.63, 3.8) is 0 Å². The van der Waals surface area contributed by atoms with E-state index >= 15 is 0 Å². The fourth-order valence-corrected chi connectivity index (χ4v) is 2.89. The van der Waals surface area contributed by atoms with E-state index in [-0.39, 0.29) is 0 Å². The van der Waals surface area contributed by atoms with Crippen LogP contribution in [0, 0.1) is 0 Å². The Labute approximate surface area is 146 Å². The summed E-state index contributed by atoms with van der Waals surface area (Å²) in [7, 11) is 0. The van der Waals surface area contributed by atoms with Gasteiger partial charge in [-0.15, -0.1) is 0 Å². The van der Waals surface area contributed by atoms with Gasteiger partial charge in [-0.1, -0.05) is 66.9 Å². The van der Waals surface area contributed by atoms with Gasteiger partial charge in [-0.3, -0.25) is 0 Å². The number of hydrogen-bond donors (Lipinski definition) is 1. The molecule has 0 radical (unpaired) electrons. The summed E-state index contributed by atoms with van der Waals surface area (Å²) >= 11 is 12.2. The summed E-state index contributed by atoms with van der Waals surface area (Å²) < 4.78 is 0. The second-order valence-corrected chi connectivity index (χ2v) is 6.16. The third-order valence-electron chi connectivity index (χ3n) is 3.57. The van der Waals surface area contributed by atoms with E-state index in [1.165, 1.54) is 11.6 Å². The molecular weight excluding hydrogens is 331 g/mol. The van der Waals surface area contributed by atoms with Crippen LogP contribution >= 0.6 is 23.2 Å². The standard InChI is InChI=1S/C19H18Cl2O2/c1-2-3-4-13-5-7-14(8-6-13)17(12-19(22)23)16-10-9-15(20)11-18(16)21/h5-12H,2-4H2,1H3,(H,22,23)/b17-12-. The molecule has 0 aliphatic rings. The Hall–Kier alpha value is -1.77. The van der Waals surface area contributed by atoms with Gasteiger partial charge in [0.25, 0.3) is 0 Å². The minimum absolute atomic E-state index is 0.431. The van der Waals surface area contributed by atoms with E-state index in [0.29, 0.717) is 21.2 Å². The third-order valence-corrected chi connectivity index (χ3v) is 4.12. The Morgan fingerprint density at radius 3 is 2.39 bits per heavy atom. The molecule has 2 nitrogen and oxygen atoms in total. The van der Waals surface area contributed by atoms with Gasteiger partial charge in [-0.25, -0.2) is 4.79 Å². The highest BCUT2D eigenvalue weighted by molar-refractivity contribution is 6.36. The molecule has 2 aromatic rings. The first-order chi connectivity index (χ1) is 11.0. The van der Waals surface area contributed by atoms with E-state index in [4.69, 9.17) is 23.2 Å². The molecule has 1 N–H and O–H groups in total. The van der Waals surface area contributed by atoms with Gasteiger partial charge in [-0.2, -0.15) is 0 Å². The van der Waals surface area contributed by atoms with E-state index < -0.39 is 5.97 Å². The van der Waals surface area contributed by atoms with Crippen LogP contribution < -0.4 is 0 Å². The number of unbranched alkanes of at least 4 members (excludes halogenated alkanes) is 1. The van der Waals surface area contributed by atoms with E-state index in [0.717, 1.165) is 24.8 Å². The van der Waals surface area contributed by atoms with Gasteiger partial charge in [0.15, 0.2) is 0 Å². The second kappa shape index (κ2) is 8.19. The molecule has 0 unspecified atom stereocenters. The van der Waals surface area contributed by atoms with Crippen molar-refractivity contribution in [1.29, 1.82) is 0 Å². The summed E-state index contributed by atoms with van der Waals surface area (Å²) in [6, 6.07) is 13.0. The van der Waals surface area contributed by atoms with Gasteiger partial charge in [0.05, 0.1) is 0 Å². The average molecular weight is 349 g/mol. The normalized spacial score (nSPS) is 11.5. The number of carboxylic acids is 1. The van der Waals surface area contributed by atoms with E-state index in [2.05, 4.69) is 6.92 Å². The predicted molar refractivity (Wildman–Crippen MR) is 96.2 cm³/mol. The van der Waals surface area contributed by atoms with Crippen LogP contribution in [0.5, 0.6) is 0 Å². The highest BCUT2D eigenvalue weighted by Crippen LogP contribution is 2.31. The average Bonchev–Trinajstić information content (AvgIpc) is 2.51. The summed E-state index contributed by atoms with van der Waals surface area (Å²) in [6.45, 7) is 2.16. The summed E-state index contributed by atoms with van der Waals surface area (Å²) in [4.78, 5) is 11.2. The first-order valence-electron chi connectivity index (χ1n) is 7.50. The fraction of sp³-hybridized carbons (Fsp3) is 0.211. The van der Waals surface area contributed by atoms with Gasteiger partial charge in [0.2, 0.25) is 0 Å². The number of aliphatic carboxylic acids is 1. The van der Waals surface area contributed by atoms with Crippen molar-refractivity contribution in [3.8, 4) is 0 Å². The zero-order valence-electron chi connectivity index (χ0n) is 12.9. The van der Waals surface area contributed by atoms with Crippen molar-refractivity contribution >= 4 is 34.7 Å². The molecule has 2 aromatic carbocycles. The molecule has 0 amide bonds. The summed E-state index contributed by atoms with van der Waals surface area (Å²) in [6.07, 6.45) is 4.49. The molecule has 0 aliphatic heterocycles. The first-order valence-corrected chi connectivity index (χ1v) is 8.26. The van der Waals surface area contributed by atoms with Crippen molar-refractivity contribution in [2.75, 3.05) is 0 Å². The smallest absolute Gasteiger partial charge is 0.328 e. The zero-order chi connectivity index (χ0) is 16.8. The minimum Gasteiger partial charge on any atom is -0.478 e. The zero-order valence-corrected chi connectivity index (χ0v) is 14.4. The largest absolute Gasteiger partial charge is 0.478 e. The van der Waals surface area contributed by atoms with Crippen molar-refractivity contribution in [2.45, 2.75) is 26.2 Å². The Morgan fingerprint density at radius 2 is 1.83 bits per heavy atom. The van der Waals surface area contributed by atoms with E-state index in [9.17, 15) is 9.90 Å². The summed E-state index contributed by atoms with van der Waals surface area (Å²) in [5, 5.41) is 10.1. The molecule has 0 aromatic heterocycles. The lowest BCUT2D eigenvalue weighted by atomic mass is 9.95. The van der Waals surface area contributed by atoms with Crippen LogP contribution in [-0.4, -0.2) is 11.1 Å². The van der Waals surface area contributed by atoms with Crippen LogP contribution in [0.2, 0.25) is 10.0 Å². The van der Waals surface area contributed by atoms with Gasteiger partial charge >= 0.3 is 5.97 Å². The van der Waals surface area contributed by atoms with Crippen LogP contribution in [0.1, 0.15) is 36.5 Å². The maximum atomic E-state index is 11.2. The minimum atomic E-state index is -1.01. The molecule has 0 saturated carbocycles. The van der Waals surface area contributed by atoms with Crippen LogP contribution in [0.3, 0.4) is 0 Å². The number of carbonyl (C=O) groups is 1. The summed E-state index contributed by atoms with van der Waals surface area (Å²) in [5.41, 5.74) is 3.28. The van der Waals surface area contributed by atoms with Crippen LogP contribution in [0.15, 0.2) is 48.5 Å². The van der Waals surface area contributed by atoms with Crippen LogP contribution in [0.4, 0.5) is 0 Å². The second-order valence-electron chi connectivity index (χ2n) is 5.32. The van der Waals surface area contributed by atoms with Crippen LogP contribution in [0.25, 0.3) is 5.57 Å². The van der Waals surface area contributed by atoms with Gasteiger partial charge in [-0.05, 0) is 41.7 Å².